The molecule has 5 atom stereocenters. The van der Waals surface area contributed by atoms with Gasteiger partial charge >= 0.3 is 12.0 Å². The lowest BCUT2D eigenvalue weighted by Crippen LogP contribution is -2.53. The summed E-state index contributed by atoms with van der Waals surface area (Å²) in [5.41, 5.74) is 9.87. The number of carboxylic acids is 1. The standard InChI is InChI=1S/C47H57FN10O9S/c1-26(2)41(54-38(59)8-6-5-7-17-57-39(60)20-37(45(57)64)68-25-35(49)46(65)66)44(63)51-28(4)43(62)53-36-14-9-29(19-34(36)48)22-58-40(61)18-27(3)42(55-58)30-10-12-33(13-11-30)52-47(67)56-23-31-15-16-50-21-32(31)24-56/h9-16,19,21,26-28,35,37,41H,5-8,17-18,20,22-25,49H2,1-4H3,(H,51,63)(H,52,67)(H,53,62)(H,54,59)(H,65,66)/t27-,28-,35-,37?,41-/m0/s1. The van der Waals surface area contributed by atoms with Crippen molar-refractivity contribution in [1.29, 1.82) is 0 Å². The van der Waals surface area contributed by atoms with Crippen molar-refractivity contribution in [3.05, 3.63) is 89.0 Å². The van der Waals surface area contributed by atoms with Crippen molar-refractivity contribution < 1.29 is 47.9 Å². The number of pyridine rings is 1. The molecule has 6 rings (SSSR count). The number of nitrogens with two attached hydrogens (primary N) is 1. The maximum absolute atomic E-state index is 15.4. The number of thioether (sulfide) groups is 1. The van der Waals surface area contributed by atoms with Crippen LogP contribution in [0.3, 0.4) is 0 Å². The highest BCUT2D eigenvalue weighted by Gasteiger charge is 2.39. The average Bonchev–Trinajstić information content (AvgIpc) is 3.85. The highest BCUT2D eigenvalue weighted by atomic mass is 32.2. The first-order valence-electron chi connectivity index (χ1n) is 22.5. The molecular weight excluding hydrogens is 900 g/mol. The number of aromatic nitrogens is 1. The van der Waals surface area contributed by atoms with Crippen LogP contribution in [0.1, 0.15) is 88.5 Å². The predicted octanol–water partition coefficient (Wildman–Crippen LogP) is 3.96. The van der Waals surface area contributed by atoms with Gasteiger partial charge in [-0.25, -0.2) is 14.2 Å². The van der Waals surface area contributed by atoms with Gasteiger partial charge in [0.25, 0.3) is 0 Å². The van der Waals surface area contributed by atoms with E-state index in [1.54, 1.807) is 49.3 Å². The van der Waals surface area contributed by atoms with E-state index in [1.165, 1.54) is 24.1 Å². The zero-order valence-electron chi connectivity index (χ0n) is 38.3. The van der Waals surface area contributed by atoms with Gasteiger partial charge in [0, 0.05) is 68.6 Å². The van der Waals surface area contributed by atoms with Crippen LogP contribution in [0.15, 0.2) is 66.0 Å². The number of hydrogen-bond donors (Lipinski definition) is 6. The number of amides is 8. The van der Waals surface area contributed by atoms with Crippen LogP contribution in [0, 0.1) is 17.7 Å². The number of imide groups is 1. The molecule has 0 spiro atoms. The Bertz CT molecular complexity index is 2430. The number of anilines is 2. The van der Waals surface area contributed by atoms with Crippen LogP contribution in [-0.2, 0) is 53.2 Å². The summed E-state index contributed by atoms with van der Waals surface area (Å²) >= 11 is 1.04. The average molecular weight is 957 g/mol. The molecular formula is C47H57FN10O9S. The van der Waals surface area contributed by atoms with Crippen molar-refractivity contribution in [1.82, 2.24) is 30.4 Å². The lowest BCUT2D eigenvalue weighted by Gasteiger charge is -2.28. The van der Waals surface area contributed by atoms with E-state index < -0.39 is 52.9 Å². The van der Waals surface area contributed by atoms with E-state index in [0.717, 1.165) is 33.4 Å². The van der Waals surface area contributed by atoms with Gasteiger partial charge in [0.05, 0.1) is 23.2 Å². The van der Waals surface area contributed by atoms with E-state index >= 15 is 4.39 Å². The molecule has 4 heterocycles. The molecule has 21 heteroatoms. The number of hydrogen-bond acceptors (Lipinski definition) is 12. The molecule has 1 unspecified atom stereocenters. The van der Waals surface area contributed by atoms with Gasteiger partial charge in [0.15, 0.2) is 0 Å². The van der Waals surface area contributed by atoms with Crippen molar-refractivity contribution in [3.63, 3.8) is 0 Å². The van der Waals surface area contributed by atoms with E-state index in [0.29, 0.717) is 49.3 Å². The van der Waals surface area contributed by atoms with Gasteiger partial charge in [-0.2, -0.15) is 5.10 Å². The Balaban J connectivity index is 0.938. The van der Waals surface area contributed by atoms with Crippen LogP contribution in [0.2, 0.25) is 0 Å². The molecule has 0 bridgehead atoms. The number of hydrazone groups is 1. The highest BCUT2D eigenvalue weighted by molar-refractivity contribution is 8.00. The first-order chi connectivity index (χ1) is 32.4. The molecule has 1 fully saturated rings. The third-order valence-electron chi connectivity index (χ3n) is 11.8. The molecule has 0 radical (unpaired) electrons. The number of nitrogens with one attached hydrogen (secondary N) is 4. The zero-order chi connectivity index (χ0) is 49.2. The number of halogens is 1. The predicted molar refractivity (Wildman–Crippen MR) is 251 cm³/mol. The highest BCUT2D eigenvalue weighted by Crippen LogP contribution is 2.28. The normalized spacial score (nSPS) is 18.2. The van der Waals surface area contributed by atoms with Crippen molar-refractivity contribution in [2.45, 2.75) is 109 Å². The number of carbonyl (C=O) groups excluding carboxylic acids is 7. The number of carbonyl (C=O) groups is 8. The Morgan fingerprint density at radius 1 is 0.897 bits per heavy atom. The van der Waals surface area contributed by atoms with Crippen LogP contribution in [0.5, 0.6) is 0 Å². The Morgan fingerprint density at radius 3 is 2.32 bits per heavy atom. The minimum absolute atomic E-state index is 0.00121. The largest absolute Gasteiger partial charge is 0.480 e. The third kappa shape index (κ3) is 13.0. The number of urea groups is 1. The van der Waals surface area contributed by atoms with E-state index in [4.69, 9.17) is 10.8 Å². The second-order valence-corrected chi connectivity index (χ2v) is 18.8. The minimum Gasteiger partial charge on any atom is -0.480 e. The first-order valence-corrected chi connectivity index (χ1v) is 23.5. The molecule has 8 amide bonds. The quantitative estimate of drug-likeness (QED) is 0.0695. The van der Waals surface area contributed by atoms with Crippen LogP contribution in [-0.4, -0.2) is 114 Å². The van der Waals surface area contributed by atoms with Crippen LogP contribution >= 0.6 is 11.8 Å². The summed E-state index contributed by atoms with van der Waals surface area (Å²) < 4.78 is 15.4. The van der Waals surface area contributed by atoms with Gasteiger partial charge < -0.3 is 37.0 Å². The fourth-order valence-electron chi connectivity index (χ4n) is 7.87. The monoisotopic (exact) mass is 956 g/mol. The molecule has 2 aromatic carbocycles. The van der Waals surface area contributed by atoms with Crippen molar-refractivity contribution in [3.8, 4) is 0 Å². The fourth-order valence-corrected chi connectivity index (χ4v) is 8.98. The van der Waals surface area contributed by atoms with Gasteiger partial charge in [-0.05, 0) is 78.3 Å². The number of carboxylic acid groups (broad SMARTS) is 1. The topological polar surface area (TPSA) is 266 Å². The number of fused-ring (bicyclic) bond motifs is 1. The second kappa shape index (κ2) is 22.8. The molecule has 3 aromatic rings. The Kier molecular flexibility index (Phi) is 17.0. The van der Waals surface area contributed by atoms with Gasteiger partial charge in [-0.1, -0.05) is 45.4 Å². The molecule has 68 heavy (non-hydrogen) atoms. The number of aliphatic carboxylic acids is 1. The van der Waals surface area contributed by atoms with Gasteiger partial charge in [-0.15, -0.1) is 11.8 Å². The SMILES string of the molecule is CC(C)[C@H](NC(=O)CCCCCN1C(=O)CC(SC[C@H](N)C(=O)O)C1=O)C(=O)N[C@@H](C)C(=O)Nc1ccc(CN2N=C(c3ccc(NC(=O)N4Cc5ccncc5C4)cc3)[C@@H](C)CC2=O)cc1F. The van der Waals surface area contributed by atoms with Gasteiger partial charge in [0.1, 0.15) is 23.9 Å². The summed E-state index contributed by atoms with van der Waals surface area (Å²) in [5.74, 6) is -5.21. The number of likely N-dealkylation sites (tertiary alicyclic amines) is 1. The van der Waals surface area contributed by atoms with Crippen LogP contribution in [0.4, 0.5) is 20.6 Å². The molecule has 3 aliphatic rings. The first kappa shape index (κ1) is 50.7. The Hall–Kier alpha value is -6.74. The molecule has 3 aliphatic heterocycles. The fraction of sp³-hybridized carbons (Fsp3) is 0.447. The van der Waals surface area contributed by atoms with Gasteiger partial charge in [-0.3, -0.25) is 43.4 Å². The number of unbranched alkanes of at least 4 members (excludes halogenated alkanes) is 2. The summed E-state index contributed by atoms with van der Waals surface area (Å²) in [4.78, 5) is 108. The van der Waals surface area contributed by atoms with E-state index in [2.05, 4.69) is 31.4 Å². The molecule has 1 saturated heterocycles. The van der Waals surface area contributed by atoms with Crippen LogP contribution < -0.4 is 27.0 Å². The molecule has 7 N–H and O–H groups in total. The van der Waals surface area contributed by atoms with E-state index in [9.17, 15) is 38.4 Å². The second-order valence-electron chi connectivity index (χ2n) is 17.5. The van der Waals surface area contributed by atoms with Crippen LogP contribution in [0.25, 0.3) is 0 Å². The van der Waals surface area contributed by atoms with Crippen molar-refractivity contribution in [2.75, 3.05) is 22.9 Å². The van der Waals surface area contributed by atoms with Gasteiger partial charge in [0.2, 0.25) is 35.4 Å². The summed E-state index contributed by atoms with van der Waals surface area (Å²) in [6.45, 7) is 7.88. The van der Waals surface area contributed by atoms with E-state index in [1.807, 2.05) is 25.1 Å². The minimum atomic E-state index is -1.19. The summed E-state index contributed by atoms with van der Waals surface area (Å²) in [6, 6.07) is 9.73. The lowest BCUT2D eigenvalue weighted by molar-refractivity contribution is -0.139. The smallest absolute Gasteiger partial charge is 0.322 e. The van der Waals surface area contributed by atoms with Crippen molar-refractivity contribution >= 4 is 76.3 Å². The zero-order valence-corrected chi connectivity index (χ0v) is 39.1. The molecule has 1 aromatic heterocycles. The third-order valence-corrected chi connectivity index (χ3v) is 13.2. The molecule has 19 nitrogen and oxygen atoms in total. The van der Waals surface area contributed by atoms with E-state index in [-0.39, 0.29) is 79.4 Å². The molecule has 0 saturated carbocycles. The maximum atomic E-state index is 15.4. The Labute approximate surface area is 397 Å². The van der Waals surface area contributed by atoms with Crippen molar-refractivity contribution in [2.24, 2.45) is 22.7 Å². The summed E-state index contributed by atoms with van der Waals surface area (Å²) in [5, 5.41) is 24.9. The molecule has 362 valence electrons. The Morgan fingerprint density at radius 2 is 1.63 bits per heavy atom. The number of nitrogens with zero attached hydrogens (tertiary/aromatic N) is 5. The number of benzene rings is 2. The number of rotatable bonds is 20. The lowest BCUT2D eigenvalue weighted by atomic mass is 9.93. The summed E-state index contributed by atoms with van der Waals surface area (Å²) in [6.07, 6.45) is 5.06. The maximum Gasteiger partial charge on any atom is 0.322 e. The summed E-state index contributed by atoms with van der Waals surface area (Å²) in [7, 11) is 0. The molecule has 0 aliphatic carbocycles.